The van der Waals surface area contributed by atoms with Crippen LogP contribution < -0.4 is 0 Å². The van der Waals surface area contributed by atoms with Crippen LogP contribution in [0.1, 0.15) is 5.56 Å². The average Bonchev–Trinajstić information content (AvgIpc) is 2.29. The third kappa shape index (κ3) is 6.77. The lowest BCUT2D eigenvalue weighted by Gasteiger charge is -2.19. The number of nitrogens with zero attached hydrogens (tertiary/aromatic N) is 1. The molecule has 1 rings (SSSR count). The van der Waals surface area contributed by atoms with Crippen molar-refractivity contribution in [3.63, 3.8) is 0 Å². The highest BCUT2D eigenvalue weighted by atomic mass is 35.5. The van der Waals surface area contributed by atoms with Gasteiger partial charge in [0.05, 0.1) is 19.3 Å². The fraction of sp³-hybridized carbons (Fsp3) is 0.429. The number of aliphatic hydroxyl groups is 1. The maximum Gasteiger partial charge on any atom is 0.0900 e. The van der Waals surface area contributed by atoms with E-state index < -0.39 is 6.10 Å². The van der Waals surface area contributed by atoms with Crippen molar-refractivity contribution < 1.29 is 9.84 Å². The number of halogens is 1. The summed E-state index contributed by atoms with van der Waals surface area (Å²) in [5.41, 5.74) is 1.10. The van der Waals surface area contributed by atoms with Gasteiger partial charge in [0.25, 0.3) is 0 Å². The summed E-state index contributed by atoms with van der Waals surface area (Å²) in [5.74, 6) is 0. The summed E-state index contributed by atoms with van der Waals surface area (Å²) in [4.78, 5) is 1.91. The number of hydrogen-bond acceptors (Lipinski definition) is 3. The molecule has 0 bridgehead atoms. The number of aliphatic hydroxyl groups excluding tert-OH is 1. The molecular weight excluding hydrogens is 250 g/mol. The minimum Gasteiger partial charge on any atom is -0.389 e. The summed E-state index contributed by atoms with van der Waals surface area (Å²) in [6, 6.07) is 9.89. The molecule has 0 aromatic heterocycles. The van der Waals surface area contributed by atoms with E-state index in [9.17, 15) is 5.11 Å². The summed E-state index contributed by atoms with van der Waals surface area (Å²) in [7, 11) is 1.88. The number of ether oxygens (including phenoxy) is 1. The molecule has 1 atom stereocenters. The Bertz CT molecular complexity index is 356. The van der Waals surface area contributed by atoms with E-state index in [4.69, 9.17) is 16.3 Å². The molecule has 18 heavy (non-hydrogen) atoms. The zero-order chi connectivity index (χ0) is 13.4. The van der Waals surface area contributed by atoms with Crippen molar-refractivity contribution in [2.24, 2.45) is 0 Å². The Morgan fingerprint density at radius 2 is 2.11 bits per heavy atom. The number of likely N-dealkylation sites (N-methyl/N-ethyl adjacent to an activating group) is 1. The van der Waals surface area contributed by atoms with E-state index in [0.29, 0.717) is 31.3 Å². The predicted octanol–water partition coefficient (Wildman–Crippen LogP) is 2.25. The molecule has 0 aliphatic carbocycles. The van der Waals surface area contributed by atoms with Gasteiger partial charge in [-0.1, -0.05) is 48.5 Å². The summed E-state index contributed by atoms with van der Waals surface area (Å²) < 4.78 is 5.46. The van der Waals surface area contributed by atoms with Crippen LogP contribution in [0, 0.1) is 0 Å². The maximum absolute atomic E-state index is 9.77. The van der Waals surface area contributed by atoms with Crippen molar-refractivity contribution in [2.75, 3.05) is 26.7 Å². The topological polar surface area (TPSA) is 32.7 Å². The van der Waals surface area contributed by atoms with Gasteiger partial charge < -0.3 is 9.84 Å². The fourth-order valence-electron chi connectivity index (χ4n) is 1.66. The molecule has 0 saturated heterocycles. The van der Waals surface area contributed by atoms with Crippen molar-refractivity contribution in [1.82, 2.24) is 4.90 Å². The zero-order valence-corrected chi connectivity index (χ0v) is 11.4. The van der Waals surface area contributed by atoms with Crippen molar-refractivity contribution in [3.8, 4) is 0 Å². The van der Waals surface area contributed by atoms with Gasteiger partial charge in [-0.25, -0.2) is 0 Å². The Balaban J connectivity index is 2.17. The van der Waals surface area contributed by atoms with Crippen LogP contribution in [-0.4, -0.2) is 42.9 Å². The predicted molar refractivity (Wildman–Crippen MR) is 74.6 cm³/mol. The summed E-state index contributed by atoms with van der Waals surface area (Å²) in [5, 5.41) is 10.3. The van der Waals surface area contributed by atoms with Gasteiger partial charge in [-0.05, 0) is 12.6 Å². The molecule has 1 N–H and O–H groups in total. The van der Waals surface area contributed by atoms with E-state index in [0.717, 1.165) is 5.56 Å². The van der Waals surface area contributed by atoms with Crippen LogP contribution in [0.25, 0.3) is 0 Å². The van der Waals surface area contributed by atoms with Gasteiger partial charge in [-0.2, -0.15) is 0 Å². The quantitative estimate of drug-likeness (QED) is 0.786. The van der Waals surface area contributed by atoms with Gasteiger partial charge in [0.15, 0.2) is 0 Å². The number of rotatable bonds is 8. The molecule has 0 amide bonds. The first-order valence-electron chi connectivity index (χ1n) is 5.89. The monoisotopic (exact) mass is 269 g/mol. The first kappa shape index (κ1) is 15.2. The normalized spacial score (nSPS) is 12.7. The molecule has 4 heteroatoms. The maximum atomic E-state index is 9.77. The highest BCUT2D eigenvalue weighted by Crippen LogP contribution is 2.03. The van der Waals surface area contributed by atoms with E-state index >= 15 is 0 Å². The molecule has 1 unspecified atom stereocenters. The lowest BCUT2D eigenvalue weighted by atomic mass is 10.2. The standard InChI is InChI=1S/C14H20ClNO2/c1-12(15)8-16(2)9-14(17)11-18-10-13-6-4-3-5-7-13/h3-7,14,17H,1,8-11H2,2H3. The third-order valence-electron chi connectivity index (χ3n) is 2.39. The van der Waals surface area contributed by atoms with Crippen molar-refractivity contribution >= 4 is 11.6 Å². The van der Waals surface area contributed by atoms with Crippen LogP contribution in [-0.2, 0) is 11.3 Å². The fourth-order valence-corrected chi connectivity index (χ4v) is 1.86. The van der Waals surface area contributed by atoms with Crippen LogP contribution in [0.3, 0.4) is 0 Å². The Kier molecular flexibility index (Phi) is 6.98. The van der Waals surface area contributed by atoms with Crippen molar-refractivity contribution in [2.45, 2.75) is 12.7 Å². The molecule has 3 nitrogen and oxygen atoms in total. The second-order valence-electron chi connectivity index (χ2n) is 4.37. The van der Waals surface area contributed by atoms with Crippen LogP contribution in [0.2, 0.25) is 0 Å². The highest BCUT2D eigenvalue weighted by Gasteiger charge is 2.08. The van der Waals surface area contributed by atoms with Gasteiger partial charge >= 0.3 is 0 Å². The van der Waals surface area contributed by atoms with Gasteiger partial charge in [0, 0.05) is 18.1 Å². The zero-order valence-electron chi connectivity index (χ0n) is 10.7. The summed E-state index contributed by atoms with van der Waals surface area (Å²) in [6.07, 6.45) is -0.519. The lowest BCUT2D eigenvalue weighted by molar-refractivity contribution is 0.0150. The molecule has 0 heterocycles. The van der Waals surface area contributed by atoms with Crippen molar-refractivity contribution in [3.05, 3.63) is 47.5 Å². The van der Waals surface area contributed by atoms with Crippen LogP contribution >= 0.6 is 11.6 Å². The smallest absolute Gasteiger partial charge is 0.0900 e. The molecule has 1 aromatic carbocycles. The molecule has 0 aliphatic heterocycles. The molecule has 1 aromatic rings. The molecule has 0 fully saturated rings. The van der Waals surface area contributed by atoms with E-state index in [2.05, 4.69) is 6.58 Å². The Hall–Kier alpha value is -0.870. The number of benzene rings is 1. The summed E-state index contributed by atoms with van der Waals surface area (Å²) >= 11 is 5.69. The van der Waals surface area contributed by atoms with Crippen LogP contribution in [0.5, 0.6) is 0 Å². The second kappa shape index (κ2) is 8.27. The minimum atomic E-state index is -0.519. The van der Waals surface area contributed by atoms with E-state index in [1.54, 1.807) is 0 Å². The first-order chi connectivity index (χ1) is 8.58. The Morgan fingerprint density at radius 3 is 2.72 bits per heavy atom. The van der Waals surface area contributed by atoms with Gasteiger partial charge in [-0.3, -0.25) is 4.90 Å². The molecule has 100 valence electrons. The van der Waals surface area contributed by atoms with Gasteiger partial charge in [0.1, 0.15) is 0 Å². The first-order valence-corrected chi connectivity index (χ1v) is 6.27. The largest absolute Gasteiger partial charge is 0.389 e. The minimum absolute atomic E-state index is 0.313. The Labute approximate surface area is 114 Å². The lowest BCUT2D eigenvalue weighted by Crippen LogP contribution is -2.32. The number of hydrogen-bond donors (Lipinski definition) is 1. The van der Waals surface area contributed by atoms with Crippen LogP contribution in [0.15, 0.2) is 41.9 Å². The van der Waals surface area contributed by atoms with Gasteiger partial charge in [0.2, 0.25) is 0 Å². The van der Waals surface area contributed by atoms with Crippen LogP contribution in [0.4, 0.5) is 0 Å². The van der Waals surface area contributed by atoms with Gasteiger partial charge in [-0.15, -0.1) is 0 Å². The summed E-state index contributed by atoms with van der Waals surface area (Å²) in [6.45, 7) is 5.53. The molecule has 0 radical (unpaired) electrons. The van der Waals surface area contributed by atoms with Crippen molar-refractivity contribution in [1.29, 1.82) is 0 Å². The molecule has 0 aliphatic rings. The Morgan fingerprint density at radius 1 is 1.44 bits per heavy atom. The van der Waals surface area contributed by atoms with E-state index in [1.165, 1.54) is 0 Å². The second-order valence-corrected chi connectivity index (χ2v) is 4.90. The third-order valence-corrected chi connectivity index (χ3v) is 2.51. The molecule has 0 saturated carbocycles. The highest BCUT2D eigenvalue weighted by molar-refractivity contribution is 6.29. The molecular formula is C14H20ClNO2. The SMILES string of the molecule is C=C(Cl)CN(C)CC(O)COCc1ccccc1. The van der Waals surface area contributed by atoms with E-state index in [1.807, 2.05) is 42.3 Å². The molecule has 0 spiro atoms. The van der Waals surface area contributed by atoms with E-state index in [-0.39, 0.29) is 0 Å². The average molecular weight is 270 g/mol.